The Bertz CT molecular complexity index is 854. The van der Waals surface area contributed by atoms with Gasteiger partial charge in [0.1, 0.15) is 5.69 Å². The molecular formula is C18H19F3N4O2S. The van der Waals surface area contributed by atoms with Crippen LogP contribution in [0.1, 0.15) is 23.7 Å². The molecule has 1 atom stereocenters. The predicted octanol–water partition coefficient (Wildman–Crippen LogP) is 3.35. The van der Waals surface area contributed by atoms with Crippen molar-refractivity contribution in [2.75, 3.05) is 11.9 Å². The number of aromatic nitrogens is 2. The minimum Gasteiger partial charge on any atom is -0.346 e. The van der Waals surface area contributed by atoms with Crippen molar-refractivity contribution in [3.63, 3.8) is 0 Å². The molecule has 0 aliphatic carbocycles. The summed E-state index contributed by atoms with van der Waals surface area (Å²) in [6.07, 6.45) is -3.60. The lowest BCUT2D eigenvalue weighted by Crippen LogP contribution is -2.37. The number of carbonyl (C=O) groups is 2. The first-order chi connectivity index (χ1) is 13.1. The van der Waals surface area contributed by atoms with Gasteiger partial charge in [0.05, 0.1) is 11.8 Å². The van der Waals surface area contributed by atoms with Gasteiger partial charge in [-0.1, -0.05) is 30.0 Å². The van der Waals surface area contributed by atoms with E-state index >= 15 is 0 Å². The molecule has 1 heterocycles. The van der Waals surface area contributed by atoms with Gasteiger partial charge in [0.15, 0.2) is 5.16 Å². The highest BCUT2D eigenvalue weighted by Gasteiger charge is 2.33. The molecule has 1 aromatic carbocycles. The molecule has 0 fully saturated rings. The van der Waals surface area contributed by atoms with Gasteiger partial charge in [0.25, 0.3) is 0 Å². The zero-order valence-corrected chi connectivity index (χ0v) is 16.2. The summed E-state index contributed by atoms with van der Waals surface area (Å²) in [5.74, 6) is -0.916. The zero-order valence-electron chi connectivity index (χ0n) is 15.4. The summed E-state index contributed by atoms with van der Waals surface area (Å²) >= 11 is 0.777. The van der Waals surface area contributed by atoms with E-state index in [9.17, 15) is 22.8 Å². The standard InChI is InChI=1S/C18H19F3N4O2S/c1-10-5-4-6-11(2)15(10)25-14(26)9-23-16(27)12(3)28-17-22-8-7-13(24-17)18(19,20)21/h4-8,12H,9H2,1-3H3,(H,23,27)(H,25,26). The van der Waals surface area contributed by atoms with Crippen molar-refractivity contribution in [1.29, 1.82) is 0 Å². The van der Waals surface area contributed by atoms with Crippen LogP contribution in [0.15, 0.2) is 35.6 Å². The Balaban J connectivity index is 1.90. The maximum atomic E-state index is 12.7. The molecule has 0 spiro atoms. The van der Waals surface area contributed by atoms with Crippen LogP contribution in [0.3, 0.4) is 0 Å². The number of nitrogens with one attached hydrogen (secondary N) is 2. The zero-order chi connectivity index (χ0) is 20.9. The molecule has 0 aliphatic rings. The Morgan fingerprint density at radius 2 is 1.82 bits per heavy atom. The normalized spacial score (nSPS) is 12.4. The van der Waals surface area contributed by atoms with Crippen LogP contribution in [-0.4, -0.2) is 33.6 Å². The molecule has 1 aromatic heterocycles. The summed E-state index contributed by atoms with van der Waals surface area (Å²) < 4.78 is 38.1. The molecule has 0 saturated heterocycles. The van der Waals surface area contributed by atoms with Gasteiger partial charge < -0.3 is 10.6 Å². The average molecular weight is 412 g/mol. The van der Waals surface area contributed by atoms with E-state index in [1.165, 1.54) is 6.92 Å². The molecule has 150 valence electrons. The van der Waals surface area contributed by atoms with E-state index in [1.54, 1.807) is 0 Å². The molecule has 2 aromatic rings. The monoisotopic (exact) mass is 412 g/mol. The Kier molecular flexibility index (Phi) is 7.00. The predicted molar refractivity (Wildman–Crippen MR) is 99.9 cm³/mol. The second kappa shape index (κ2) is 9.05. The first kappa shape index (κ1) is 21.7. The lowest BCUT2D eigenvalue weighted by molar-refractivity contribution is -0.141. The van der Waals surface area contributed by atoms with Crippen LogP contribution in [0.25, 0.3) is 0 Å². The van der Waals surface area contributed by atoms with Crippen LogP contribution in [-0.2, 0) is 15.8 Å². The number of nitrogens with zero attached hydrogens (tertiary/aromatic N) is 2. The van der Waals surface area contributed by atoms with Gasteiger partial charge in [-0.25, -0.2) is 9.97 Å². The number of aryl methyl sites for hydroxylation is 2. The molecule has 6 nitrogen and oxygen atoms in total. The van der Waals surface area contributed by atoms with Crippen LogP contribution in [0.4, 0.5) is 18.9 Å². The summed E-state index contributed by atoms with van der Waals surface area (Å²) in [7, 11) is 0. The Morgan fingerprint density at radius 1 is 1.18 bits per heavy atom. The van der Waals surface area contributed by atoms with Crippen molar-refractivity contribution in [3.05, 3.63) is 47.3 Å². The summed E-state index contributed by atoms with van der Waals surface area (Å²) in [5.41, 5.74) is 1.39. The average Bonchev–Trinajstić information content (AvgIpc) is 2.62. The third kappa shape index (κ3) is 5.95. The second-order valence-corrected chi connectivity index (χ2v) is 7.32. The van der Waals surface area contributed by atoms with E-state index in [0.29, 0.717) is 5.69 Å². The fraction of sp³-hybridized carbons (Fsp3) is 0.333. The van der Waals surface area contributed by atoms with Crippen LogP contribution < -0.4 is 10.6 Å². The molecule has 1 unspecified atom stereocenters. The van der Waals surface area contributed by atoms with Gasteiger partial charge in [0, 0.05) is 11.9 Å². The number of hydrogen-bond acceptors (Lipinski definition) is 5. The number of benzene rings is 1. The number of thioether (sulfide) groups is 1. The topological polar surface area (TPSA) is 84.0 Å². The Hall–Kier alpha value is -2.62. The molecule has 0 radical (unpaired) electrons. The molecule has 10 heteroatoms. The van der Waals surface area contributed by atoms with Crippen LogP contribution >= 0.6 is 11.8 Å². The number of rotatable bonds is 6. The number of anilines is 1. The van der Waals surface area contributed by atoms with Crippen molar-refractivity contribution in [1.82, 2.24) is 15.3 Å². The number of hydrogen-bond donors (Lipinski definition) is 2. The number of carbonyl (C=O) groups excluding carboxylic acids is 2. The maximum absolute atomic E-state index is 12.7. The molecule has 2 amide bonds. The molecule has 28 heavy (non-hydrogen) atoms. The van der Waals surface area contributed by atoms with Gasteiger partial charge in [-0.3, -0.25) is 9.59 Å². The van der Waals surface area contributed by atoms with Crippen LogP contribution in [0, 0.1) is 13.8 Å². The maximum Gasteiger partial charge on any atom is 0.433 e. The molecule has 0 aliphatic heterocycles. The van der Waals surface area contributed by atoms with E-state index in [0.717, 1.165) is 35.2 Å². The minimum absolute atomic E-state index is 0.169. The van der Waals surface area contributed by atoms with Gasteiger partial charge in [0.2, 0.25) is 11.8 Å². The number of alkyl halides is 3. The lowest BCUT2D eigenvalue weighted by atomic mass is 10.1. The largest absolute Gasteiger partial charge is 0.433 e. The highest BCUT2D eigenvalue weighted by molar-refractivity contribution is 8.00. The SMILES string of the molecule is Cc1cccc(C)c1NC(=O)CNC(=O)C(C)Sc1nccc(C(F)(F)F)n1. The summed E-state index contributed by atoms with van der Waals surface area (Å²) in [5, 5.41) is 4.24. The van der Waals surface area contributed by atoms with Gasteiger partial charge in [-0.05, 0) is 38.0 Å². The minimum atomic E-state index is -4.59. The van der Waals surface area contributed by atoms with Crippen molar-refractivity contribution in [3.8, 4) is 0 Å². The van der Waals surface area contributed by atoms with E-state index in [1.807, 2.05) is 32.0 Å². The van der Waals surface area contributed by atoms with Gasteiger partial charge >= 0.3 is 6.18 Å². The number of para-hydroxylation sites is 1. The Morgan fingerprint density at radius 3 is 2.43 bits per heavy atom. The van der Waals surface area contributed by atoms with E-state index in [4.69, 9.17) is 0 Å². The second-order valence-electron chi connectivity index (χ2n) is 6.02. The quantitative estimate of drug-likeness (QED) is 0.562. The number of halogens is 3. The molecule has 0 bridgehead atoms. The smallest absolute Gasteiger partial charge is 0.346 e. The highest BCUT2D eigenvalue weighted by atomic mass is 32.2. The highest BCUT2D eigenvalue weighted by Crippen LogP contribution is 2.29. The van der Waals surface area contributed by atoms with Crippen molar-refractivity contribution in [2.45, 2.75) is 37.4 Å². The van der Waals surface area contributed by atoms with E-state index in [2.05, 4.69) is 20.6 Å². The molecular weight excluding hydrogens is 393 g/mol. The lowest BCUT2D eigenvalue weighted by Gasteiger charge is -2.14. The summed E-state index contributed by atoms with van der Waals surface area (Å²) in [6, 6.07) is 6.34. The summed E-state index contributed by atoms with van der Waals surface area (Å²) in [4.78, 5) is 31.3. The first-order valence-electron chi connectivity index (χ1n) is 8.28. The fourth-order valence-corrected chi connectivity index (χ4v) is 3.05. The Labute approximate surface area is 164 Å². The molecule has 0 saturated carbocycles. The third-order valence-electron chi connectivity index (χ3n) is 3.74. The fourth-order valence-electron chi connectivity index (χ4n) is 2.27. The third-order valence-corrected chi connectivity index (χ3v) is 4.72. The van der Waals surface area contributed by atoms with Gasteiger partial charge in [-0.15, -0.1) is 0 Å². The van der Waals surface area contributed by atoms with E-state index < -0.39 is 28.9 Å². The van der Waals surface area contributed by atoms with Crippen molar-refractivity contribution in [2.24, 2.45) is 0 Å². The molecule has 2 N–H and O–H groups in total. The van der Waals surface area contributed by atoms with Gasteiger partial charge in [-0.2, -0.15) is 13.2 Å². The molecule has 2 rings (SSSR count). The van der Waals surface area contributed by atoms with Crippen LogP contribution in [0.5, 0.6) is 0 Å². The first-order valence-corrected chi connectivity index (χ1v) is 9.16. The van der Waals surface area contributed by atoms with Crippen molar-refractivity contribution >= 4 is 29.3 Å². The summed E-state index contributed by atoms with van der Waals surface area (Å²) in [6.45, 7) is 4.94. The van der Waals surface area contributed by atoms with Crippen LogP contribution in [0.2, 0.25) is 0 Å². The van der Waals surface area contributed by atoms with Crippen molar-refractivity contribution < 1.29 is 22.8 Å². The van der Waals surface area contributed by atoms with E-state index in [-0.39, 0.29) is 11.7 Å². The number of amides is 2.